The molecule has 1 aromatic heterocycles. The summed E-state index contributed by atoms with van der Waals surface area (Å²) in [5.41, 5.74) is 2.18. The van der Waals surface area contributed by atoms with Gasteiger partial charge in [0.05, 0.1) is 30.9 Å². The Kier molecular flexibility index (Phi) is 6.79. The second-order valence-corrected chi connectivity index (χ2v) is 6.89. The summed E-state index contributed by atoms with van der Waals surface area (Å²) in [6.07, 6.45) is 0.838. The summed E-state index contributed by atoms with van der Waals surface area (Å²) in [4.78, 5) is 30.5. The Hall–Kier alpha value is -3.26. The third kappa shape index (κ3) is 4.49. The lowest BCUT2D eigenvalue weighted by molar-refractivity contribution is 0.253. The number of aromatic nitrogens is 2. The van der Waals surface area contributed by atoms with Crippen LogP contribution in [0.1, 0.15) is 19.4 Å². The maximum absolute atomic E-state index is 12.9. The number of benzene rings is 2. The number of anilines is 1. The molecule has 3 rings (SSSR count). The maximum atomic E-state index is 12.9. The molecule has 30 heavy (non-hydrogen) atoms. The first-order valence-corrected chi connectivity index (χ1v) is 10.00. The van der Waals surface area contributed by atoms with Crippen molar-refractivity contribution in [2.24, 2.45) is 0 Å². The van der Waals surface area contributed by atoms with E-state index in [0.717, 1.165) is 36.2 Å². The summed E-state index contributed by atoms with van der Waals surface area (Å²) in [7, 11) is 3.06. The van der Waals surface area contributed by atoms with Crippen LogP contribution in [-0.2, 0) is 6.42 Å². The van der Waals surface area contributed by atoms with Gasteiger partial charge in [-0.2, -0.15) is 0 Å². The Morgan fingerprint density at radius 1 is 1.10 bits per heavy atom. The number of ether oxygens (including phenoxy) is 2. The molecule has 0 saturated heterocycles. The highest BCUT2D eigenvalue weighted by atomic mass is 16.5. The molecule has 0 fully saturated rings. The standard InChI is InChI=1S/C22H28N4O4/c1-5-25(6-2)12-11-15-7-9-17-19(13-15)26(21(27)23-17)22(28)24-18-10-8-16(29-3)14-20(18)30-4/h7-10,13-14H,5-6,11-12H2,1-4H3,(H,23,27)(H,24,28). The maximum Gasteiger partial charge on any atom is 0.334 e. The average molecular weight is 412 g/mol. The zero-order valence-electron chi connectivity index (χ0n) is 17.8. The average Bonchev–Trinajstić information content (AvgIpc) is 3.09. The Morgan fingerprint density at radius 3 is 2.53 bits per heavy atom. The van der Waals surface area contributed by atoms with E-state index in [1.54, 1.807) is 25.3 Å². The molecular formula is C22H28N4O4. The van der Waals surface area contributed by atoms with Crippen molar-refractivity contribution in [2.45, 2.75) is 20.3 Å². The van der Waals surface area contributed by atoms with Crippen LogP contribution in [0.5, 0.6) is 11.5 Å². The van der Waals surface area contributed by atoms with Gasteiger partial charge >= 0.3 is 11.7 Å². The van der Waals surface area contributed by atoms with Crippen LogP contribution in [0.15, 0.2) is 41.2 Å². The zero-order chi connectivity index (χ0) is 21.7. The fourth-order valence-electron chi connectivity index (χ4n) is 3.41. The normalized spacial score (nSPS) is 11.1. The number of aromatic amines is 1. The number of nitrogens with one attached hydrogen (secondary N) is 2. The molecular weight excluding hydrogens is 384 g/mol. The Bertz CT molecular complexity index is 1080. The number of hydrogen-bond donors (Lipinski definition) is 2. The quantitative estimate of drug-likeness (QED) is 0.593. The Labute approximate surface area is 175 Å². The van der Waals surface area contributed by atoms with Crippen molar-refractivity contribution in [3.8, 4) is 11.5 Å². The number of methoxy groups -OCH3 is 2. The van der Waals surface area contributed by atoms with Crippen molar-refractivity contribution >= 4 is 22.8 Å². The minimum Gasteiger partial charge on any atom is -0.497 e. The summed E-state index contributed by atoms with van der Waals surface area (Å²) in [5, 5.41) is 2.75. The minimum absolute atomic E-state index is 0.440. The van der Waals surface area contributed by atoms with Crippen LogP contribution in [0.25, 0.3) is 11.0 Å². The number of carbonyl (C=O) groups excluding carboxylic acids is 1. The van der Waals surface area contributed by atoms with Crippen molar-refractivity contribution in [1.29, 1.82) is 0 Å². The van der Waals surface area contributed by atoms with Gasteiger partial charge in [0.1, 0.15) is 11.5 Å². The number of likely N-dealkylation sites (N-methyl/N-ethyl adjacent to an activating group) is 1. The van der Waals surface area contributed by atoms with E-state index < -0.39 is 11.7 Å². The van der Waals surface area contributed by atoms with Crippen LogP contribution in [0, 0.1) is 0 Å². The van der Waals surface area contributed by atoms with Crippen molar-refractivity contribution < 1.29 is 14.3 Å². The smallest absolute Gasteiger partial charge is 0.334 e. The molecule has 0 atom stereocenters. The van der Waals surface area contributed by atoms with Gasteiger partial charge in [-0.05, 0) is 49.3 Å². The lowest BCUT2D eigenvalue weighted by Crippen LogP contribution is -2.29. The number of rotatable bonds is 8. The first kappa shape index (κ1) is 21.4. The van der Waals surface area contributed by atoms with Gasteiger partial charge in [-0.1, -0.05) is 19.9 Å². The van der Waals surface area contributed by atoms with Gasteiger partial charge in [-0.3, -0.25) is 0 Å². The summed E-state index contributed by atoms with van der Waals surface area (Å²) in [5.74, 6) is 1.04. The summed E-state index contributed by atoms with van der Waals surface area (Å²) >= 11 is 0. The second kappa shape index (κ2) is 9.49. The summed E-state index contributed by atoms with van der Waals surface area (Å²) in [6, 6.07) is 10.2. The number of H-pyrrole nitrogens is 1. The molecule has 0 aliphatic rings. The van der Waals surface area contributed by atoms with E-state index in [9.17, 15) is 9.59 Å². The number of imidazole rings is 1. The second-order valence-electron chi connectivity index (χ2n) is 6.89. The van der Waals surface area contributed by atoms with E-state index in [-0.39, 0.29) is 0 Å². The third-order valence-electron chi connectivity index (χ3n) is 5.21. The number of nitrogens with zero attached hydrogens (tertiary/aromatic N) is 2. The Balaban J connectivity index is 1.89. The van der Waals surface area contributed by atoms with Gasteiger partial charge in [-0.25, -0.2) is 14.2 Å². The van der Waals surface area contributed by atoms with Crippen molar-refractivity contribution in [3.63, 3.8) is 0 Å². The summed E-state index contributed by atoms with van der Waals surface area (Å²) in [6.45, 7) is 7.16. The van der Waals surface area contributed by atoms with Gasteiger partial charge in [-0.15, -0.1) is 0 Å². The molecule has 1 amide bonds. The summed E-state index contributed by atoms with van der Waals surface area (Å²) < 4.78 is 11.6. The van der Waals surface area contributed by atoms with E-state index >= 15 is 0 Å². The van der Waals surface area contributed by atoms with Crippen LogP contribution in [0.4, 0.5) is 10.5 Å². The molecule has 8 heteroatoms. The molecule has 0 bridgehead atoms. The molecule has 3 aromatic rings. The van der Waals surface area contributed by atoms with Crippen LogP contribution in [0.2, 0.25) is 0 Å². The van der Waals surface area contributed by atoms with Crippen LogP contribution >= 0.6 is 0 Å². The minimum atomic E-state index is -0.560. The number of carbonyl (C=O) groups is 1. The lowest BCUT2D eigenvalue weighted by atomic mass is 10.1. The van der Waals surface area contributed by atoms with E-state index in [2.05, 4.69) is 29.0 Å². The molecule has 0 saturated carbocycles. The number of fused-ring (bicyclic) bond motifs is 1. The molecule has 0 radical (unpaired) electrons. The molecule has 0 aliphatic heterocycles. The van der Waals surface area contributed by atoms with E-state index in [4.69, 9.17) is 9.47 Å². The van der Waals surface area contributed by atoms with Gasteiger partial charge in [0.15, 0.2) is 0 Å². The molecule has 8 nitrogen and oxygen atoms in total. The SMILES string of the molecule is CCN(CC)CCc1ccc2[nH]c(=O)n(C(=O)Nc3ccc(OC)cc3OC)c2c1. The Morgan fingerprint density at radius 2 is 1.87 bits per heavy atom. The van der Waals surface area contributed by atoms with Crippen LogP contribution in [0.3, 0.4) is 0 Å². The molecule has 160 valence electrons. The highest BCUT2D eigenvalue weighted by Crippen LogP contribution is 2.29. The largest absolute Gasteiger partial charge is 0.497 e. The van der Waals surface area contributed by atoms with E-state index in [1.165, 1.54) is 7.11 Å². The van der Waals surface area contributed by atoms with Gasteiger partial charge in [0.2, 0.25) is 0 Å². The van der Waals surface area contributed by atoms with Gasteiger partial charge in [0, 0.05) is 12.6 Å². The topological polar surface area (TPSA) is 88.6 Å². The van der Waals surface area contributed by atoms with Crippen molar-refractivity contribution in [1.82, 2.24) is 14.5 Å². The first-order chi connectivity index (χ1) is 14.5. The van der Waals surface area contributed by atoms with Crippen molar-refractivity contribution in [3.05, 3.63) is 52.4 Å². The molecule has 0 unspecified atom stereocenters. The van der Waals surface area contributed by atoms with E-state index in [0.29, 0.717) is 28.2 Å². The molecule has 1 heterocycles. The molecule has 2 N–H and O–H groups in total. The molecule has 0 spiro atoms. The predicted molar refractivity (Wildman–Crippen MR) is 118 cm³/mol. The molecule has 2 aromatic carbocycles. The first-order valence-electron chi connectivity index (χ1n) is 10.00. The third-order valence-corrected chi connectivity index (χ3v) is 5.21. The van der Waals surface area contributed by atoms with Gasteiger partial charge in [0.25, 0.3) is 0 Å². The highest BCUT2D eigenvalue weighted by Gasteiger charge is 2.17. The highest BCUT2D eigenvalue weighted by molar-refractivity contribution is 5.98. The number of hydrogen-bond acceptors (Lipinski definition) is 5. The molecule has 0 aliphatic carbocycles. The number of amides is 1. The van der Waals surface area contributed by atoms with Crippen LogP contribution < -0.4 is 20.5 Å². The van der Waals surface area contributed by atoms with Crippen molar-refractivity contribution in [2.75, 3.05) is 39.2 Å². The monoisotopic (exact) mass is 412 g/mol. The zero-order valence-corrected chi connectivity index (χ0v) is 17.8. The fraction of sp³-hybridized carbons (Fsp3) is 0.364. The van der Waals surface area contributed by atoms with E-state index in [1.807, 2.05) is 18.2 Å². The van der Waals surface area contributed by atoms with Crippen LogP contribution in [-0.4, -0.2) is 54.3 Å². The lowest BCUT2D eigenvalue weighted by Gasteiger charge is -2.17. The fourth-order valence-corrected chi connectivity index (χ4v) is 3.41. The van der Waals surface area contributed by atoms with Gasteiger partial charge < -0.3 is 24.7 Å². The predicted octanol–water partition coefficient (Wildman–Crippen LogP) is 3.31.